The summed E-state index contributed by atoms with van der Waals surface area (Å²) in [6.07, 6.45) is 0.793. The summed E-state index contributed by atoms with van der Waals surface area (Å²) in [6, 6.07) is 9.98. The molecule has 1 saturated heterocycles. The van der Waals surface area contributed by atoms with E-state index >= 15 is 0 Å². The first-order valence-corrected chi connectivity index (χ1v) is 8.77. The van der Waals surface area contributed by atoms with Gasteiger partial charge in [-0.2, -0.15) is 0 Å². The molecule has 0 radical (unpaired) electrons. The molecule has 126 valence electrons. The summed E-state index contributed by atoms with van der Waals surface area (Å²) in [5.41, 5.74) is 0.902. The Kier molecular flexibility index (Phi) is 4.94. The number of halogens is 1. The van der Waals surface area contributed by atoms with Crippen molar-refractivity contribution >= 4 is 23.2 Å². The maximum atomic E-state index is 13.0. The summed E-state index contributed by atoms with van der Waals surface area (Å²) >= 11 is 1.41. The van der Waals surface area contributed by atoms with Gasteiger partial charge in [-0.3, -0.25) is 9.59 Å². The zero-order chi connectivity index (χ0) is 17.1. The van der Waals surface area contributed by atoms with Crippen molar-refractivity contribution in [1.29, 1.82) is 0 Å². The predicted octanol–water partition coefficient (Wildman–Crippen LogP) is 3.25. The molecule has 1 aromatic heterocycles. The van der Waals surface area contributed by atoms with Gasteiger partial charge in [0.1, 0.15) is 5.82 Å². The summed E-state index contributed by atoms with van der Waals surface area (Å²) < 4.78 is 13.0. The van der Waals surface area contributed by atoms with E-state index in [-0.39, 0.29) is 17.6 Å². The van der Waals surface area contributed by atoms with E-state index in [1.54, 1.807) is 24.0 Å². The van der Waals surface area contributed by atoms with Gasteiger partial charge in [0.05, 0.1) is 4.88 Å². The molecule has 0 saturated carbocycles. The number of hydrogen-bond donors (Lipinski definition) is 0. The number of thiophene rings is 1. The Hall–Kier alpha value is -2.21. The molecule has 0 N–H and O–H groups in total. The zero-order valence-electron chi connectivity index (χ0n) is 13.5. The highest BCUT2D eigenvalue weighted by molar-refractivity contribution is 7.17. The smallest absolute Gasteiger partial charge is 0.264 e. The molecule has 2 amide bonds. The number of carbonyl (C=O) groups excluding carboxylic acids is 2. The normalized spacial score (nSPS) is 15.2. The van der Waals surface area contributed by atoms with Gasteiger partial charge in [0.2, 0.25) is 5.91 Å². The molecule has 24 heavy (non-hydrogen) atoms. The lowest BCUT2D eigenvalue weighted by Gasteiger charge is -2.20. The number of amides is 2. The lowest BCUT2D eigenvalue weighted by Crippen LogP contribution is -2.36. The maximum Gasteiger partial charge on any atom is 0.264 e. The lowest BCUT2D eigenvalue weighted by atomic mass is 10.2. The zero-order valence-corrected chi connectivity index (χ0v) is 14.3. The van der Waals surface area contributed by atoms with E-state index < -0.39 is 0 Å². The summed E-state index contributed by atoms with van der Waals surface area (Å²) in [5, 5.41) is 0. The molecule has 1 aliphatic heterocycles. The summed E-state index contributed by atoms with van der Waals surface area (Å²) in [7, 11) is 0. The Bertz CT molecular complexity index is 742. The highest BCUT2D eigenvalue weighted by atomic mass is 32.1. The monoisotopic (exact) mass is 346 g/mol. The summed E-state index contributed by atoms with van der Waals surface area (Å²) in [5.74, 6) is -0.219. The molecule has 3 rings (SSSR count). The van der Waals surface area contributed by atoms with Crippen molar-refractivity contribution in [3.63, 3.8) is 0 Å². The van der Waals surface area contributed by atoms with Crippen LogP contribution in [0.1, 0.15) is 23.0 Å². The van der Waals surface area contributed by atoms with Gasteiger partial charge in [-0.05, 0) is 36.2 Å². The van der Waals surface area contributed by atoms with Crippen LogP contribution in [0.3, 0.4) is 0 Å². The van der Waals surface area contributed by atoms with Crippen molar-refractivity contribution in [2.75, 3.05) is 26.2 Å². The Morgan fingerprint density at radius 3 is 2.33 bits per heavy atom. The van der Waals surface area contributed by atoms with Gasteiger partial charge in [-0.25, -0.2) is 4.39 Å². The largest absolute Gasteiger partial charge is 0.341 e. The second-order valence-corrected chi connectivity index (χ2v) is 6.91. The van der Waals surface area contributed by atoms with E-state index in [0.717, 1.165) is 16.9 Å². The molecule has 0 atom stereocenters. The van der Waals surface area contributed by atoms with E-state index in [1.165, 1.54) is 23.5 Å². The predicted molar refractivity (Wildman–Crippen MR) is 92.5 cm³/mol. The molecular weight excluding hydrogens is 327 g/mol. The molecule has 2 aromatic rings. The summed E-state index contributed by atoms with van der Waals surface area (Å²) in [4.78, 5) is 29.4. The van der Waals surface area contributed by atoms with Gasteiger partial charge >= 0.3 is 0 Å². The fourth-order valence-electron chi connectivity index (χ4n) is 2.81. The number of benzene rings is 1. The van der Waals surface area contributed by atoms with E-state index in [2.05, 4.69) is 0 Å². The van der Waals surface area contributed by atoms with Crippen LogP contribution in [0.2, 0.25) is 0 Å². The number of hydrogen-bond acceptors (Lipinski definition) is 3. The molecule has 1 fully saturated rings. The minimum absolute atomic E-state index is 0.00114. The average Bonchev–Trinajstić information content (AvgIpc) is 2.92. The molecule has 4 nitrogen and oxygen atoms in total. The van der Waals surface area contributed by atoms with Crippen LogP contribution in [0.15, 0.2) is 36.4 Å². The first-order valence-electron chi connectivity index (χ1n) is 7.95. The fourth-order valence-corrected chi connectivity index (χ4v) is 3.79. The van der Waals surface area contributed by atoms with Crippen molar-refractivity contribution in [3.05, 3.63) is 47.1 Å². The van der Waals surface area contributed by atoms with Gasteiger partial charge in [-0.1, -0.05) is 12.1 Å². The molecule has 0 unspecified atom stereocenters. The highest BCUT2D eigenvalue weighted by Crippen LogP contribution is 2.29. The molecule has 2 heterocycles. The standard InChI is InChI=1S/C18H19FN2O2S/c1-13(22)20-9-2-10-21(12-11-20)18(23)17-8-7-16(24-17)14-3-5-15(19)6-4-14/h3-8H,2,9-12H2,1H3. The third kappa shape index (κ3) is 3.64. The van der Waals surface area contributed by atoms with Gasteiger partial charge in [0, 0.05) is 38.0 Å². The van der Waals surface area contributed by atoms with Crippen LogP contribution in [0, 0.1) is 5.82 Å². The van der Waals surface area contributed by atoms with Gasteiger partial charge in [-0.15, -0.1) is 11.3 Å². The molecule has 0 spiro atoms. The second-order valence-electron chi connectivity index (χ2n) is 5.82. The van der Waals surface area contributed by atoms with Crippen LogP contribution in [0.25, 0.3) is 10.4 Å². The van der Waals surface area contributed by atoms with E-state index in [0.29, 0.717) is 31.1 Å². The quantitative estimate of drug-likeness (QED) is 0.837. The fraction of sp³-hybridized carbons (Fsp3) is 0.333. The van der Waals surface area contributed by atoms with E-state index in [9.17, 15) is 14.0 Å². The van der Waals surface area contributed by atoms with Crippen molar-refractivity contribution in [3.8, 4) is 10.4 Å². The Morgan fingerprint density at radius 2 is 1.62 bits per heavy atom. The van der Waals surface area contributed by atoms with Crippen LogP contribution < -0.4 is 0 Å². The molecule has 1 aliphatic rings. The number of nitrogens with zero attached hydrogens (tertiary/aromatic N) is 2. The lowest BCUT2D eigenvalue weighted by molar-refractivity contribution is -0.128. The van der Waals surface area contributed by atoms with Crippen molar-refractivity contribution in [2.24, 2.45) is 0 Å². The average molecular weight is 346 g/mol. The first-order chi connectivity index (χ1) is 11.5. The minimum atomic E-state index is -0.272. The maximum absolute atomic E-state index is 13.0. The minimum Gasteiger partial charge on any atom is -0.341 e. The molecule has 1 aromatic carbocycles. The van der Waals surface area contributed by atoms with Crippen LogP contribution in [0.4, 0.5) is 4.39 Å². The third-order valence-corrected chi connectivity index (χ3v) is 5.30. The number of rotatable bonds is 2. The van der Waals surface area contributed by atoms with Crippen molar-refractivity contribution in [1.82, 2.24) is 9.80 Å². The van der Waals surface area contributed by atoms with Crippen LogP contribution in [0.5, 0.6) is 0 Å². The van der Waals surface area contributed by atoms with Gasteiger partial charge in [0.15, 0.2) is 0 Å². The van der Waals surface area contributed by atoms with Gasteiger partial charge in [0.25, 0.3) is 5.91 Å². The highest BCUT2D eigenvalue weighted by Gasteiger charge is 2.22. The second kappa shape index (κ2) is 7.13. The SMILES string of the molecule is CC(=O)N1CCCN(C(=O)c2ccc(-c3ccc(F)cc3)s2)CC1. The van der Waals surface area contributed by atoms with Gasteiger partial charge < -0.3 is 9.80 Å². The molecule has 0 bridgehead atoms. The van der Waals surface area contributed by atoms with Crippen LogP contribution in [-0.4, -0.2) is 47.8 Å². The Morgan fingerprint density at radius 1 is 0.958 bits per heavy atom. The molecule has 6 heteroatoms. The Balaban J connectivity index is 1.71. The first kappa shape index (κ1) is 16.6. The third-order valence-electron chi connectivity index (χ3n) is 4.17. The topological polar surface area (TPSA) is 40.6 Å². The van der Waals surface area contributed by atoms with E-state index in [4.69, 9.17) is 0 Å². The number of carbonyl (C=O) groups is 2. The van der Waals surface area contributed by atoms with Crippen LogP contribution in [-0.2, 0) is 4.79 Å². The molecular formula is C18H19FN2O2S. The van der Waals surface area contributed by atoms with Crippen molar-refractivity contribution < 1.29 is 14.0 Å². The Labute approximate surface area is 144 Å². The van der Waals surface area contributed by atoms with E-state index in [1.807, 2.05) is 17.0 Å². The molecule has 0 aliphatic carbocycles. The summed E-state index contributed by atoms with van der Waals surface area (Å²) in [6.45, 7) is 4.06. The van der Waals surface area contributed by atoms with Crippen LogP contribution >= 0.6 is 11.3 Å². The van der Waals surface area contributed by atoms with Crippen molar-refractivity contribution in [2.45, 2.75) is 13.3 Å².